The SMILES string of the molecule is Clc1ccc(CSc2nnnn2-c2ccccc2)cc1Cl. The van der Waals surface area contributed by atoms with E-state index >= 15 is 0 Å². The molecular formula is C14H10Cl2N4S. The van der Waals surface area contributed by atoms with E-state index in [-0.39, 0.29) is 0 Å². The molecule has 0 unspecified atom stereocenters. The maximum absolute atomic E-state index is 6.01. The molecule has 0 aliphatic carbocycles. The molecule has 0 amide bonds. The second-order valence-electron chi connectivity index (χ2n) is 4.25. The standard InChI is InChI=1S/C14H10Cl2N4S/c15-12-7-6-10(8-13(12)16)9-21-14-17-18-19-20(14)11-4-2-1-3-5-11/h1-8H,9H2. The lowest BCUT2D eigenvalue weighted by molar-refractivity contribution is 0.756. The summed E-state index contributed by atoms with van der Waals surface area (Å²) in [7, 11) is 0. The Labute approximate surface area is 136 Å². The Kier molecular flexibility index (Phi) is 4.43. The van der Waals surface area contributed by atoms with Crippen LogP contribution in [0.4, 0.5) is 0 Å². The molecule has 0 N–H and O–H groups in total. The summed E-state index contributed by atoms with van der Waals surface area (Å²) < 4.78 is 1.71. The van der Waals surface area contributed by atoms with Gasteiger partial charge >= 0.3 is 0 Å². The van der Waals surface area contributed by atoms with Crippen LogP contribution in [0.5, 0.6) is 0 Å². The lowest BCUT2D eigenvalue weighted by atomic mass is 10.2. The van der Waals surface area contributed by atoms with E-state index in [1.807, 2.05) is 42.5 Å². The first-order valence-electron chi connectivity index (χ1n) is 6.14. The van der Waals surface area contributed by atoms with Crippen molar-refractivity contribution in [2.24, 2.45) is 0 Å². The second-order valence-corrected chi connectivity index (χ2v) is 6.00. The van der Waals surface area contributed by atoms with E-state index in [2.05, 4.69) is 15.5 Å². The fourth-order valence-electron chi connectivity index (χ4n) is 1.78. The monoisotopic (exact) mass is 336 g/mol. The largest absolute Gasteiger partial charge is 0.214 e. The Bertz CT molecular complexity index is 746. The number of nitrogens with zero attached hydrogens (tertiary/aromatic N) is 4. The third-order valence-corrected chi connectivity index (χ3v) is 4.52. The maximum Gasteiger partial charge on any atom is 0.214 e. The fraction of sp³-hybridized carbons (Fsp3) is 0.0714. The van der Waals surface area contributed by atoms with E-state index in [9.17, 15) is 0 Å². The number of halogens is 2. The quantitative estimate of drug-likeness (QED) is 0.667. The molecule has 3 rings (SSSR count). The number of rotatable bonds is 4. The van der Waals surface area contributed by atoms with Crippen LogP contribution in [0.25, 0.3) is 5.69 Å². The van der Waals surface area contributed by atoms with Crippen molar-refractivity contribution in [3.05, 3.63) is 64.1 Å². The van der Waals surface area contributed by atoms with Crippen molar-refractivity contribution in [3.63, 3.8) is 0 Å². The van der Waals surface area contributed by atoms with Gasteiger partial charge in [-0.2, -0.15) is 4.68 Å². The average molecular weight is 337 g/mol. The van der Waals surface area contributed by atoms with Gasteiger partial charge < -0.3 is 0 Å². The molecule has 2 aromatic carbocycles. The van der Waals surface area contributed by atoms with Gasteiger partial charge in [-0.25, -0.2) is 0 Å². The molecule has 0 fully saturated rings. The van der Waals surface area contributed by atoms with Crippen LogP contribution < -0.4 is 0 Å². The zero-order chi connectivity index (χ0) is 14.7. The first-order chi connectivity index (χ1) is 10.2. The van der Waals surface area contributed by atoms with Crippen LogP contribution in [-0.4, -0.2) is 20.2 Å². The molecule has 4 nitrogen and oxygen atoms in total. The van der Waals surface area contributed by atoms with Gasteiger partial charge in [0.15, 0.2) is 0 Å². The molecule has 0 bridgehead atoms. The van der Waals surface area contributed by atoms with E-state index in [4.69, 9.17) is 23.2 Å². The van der Waals surface area contributed by atoms with Gasteiger partial charge in [0.05, 0.1) is 15.7 Å². The molecule has 0 radical (unpaired) electrons. The first-order valence-corrected chi connectivity index (χ1v) is 7.89. The van der Waals surface area contributed by atoms with E-state index in [0.29, 0.717) is 15.8 Å². The highest BCUT2D eigenvalue weighted by atomic mass is 35.5. The summed E-state index contributed by atoms with van der Waals surface area (Å²) in [5, 5.41) is 13.6. The number of tetrazole rings is 1. The highest BCUT2D eigenvalue weighted by molar-refractivity contribution is 7.98. The summed E-state index contributed by atoms with van der Waals surface area (Å²) in [6.07, 6.45) is 0. The van der Waals surface area contributed by atoms with Crippen molar-refractivity contribution in [1.82, 2.24) is 20.2 Å². The summed E-state index contributed by atoms with van der Waals surface area (Å²) >= 11 is 13.5. The van der Waals surface area contributed by atoms with E-state index in [1.165, 1.54) is 0 Å². The van der Waals surface area contributed by atoms with Crippen molar-refractivity contribution < 1.29 is 0 Å². The minimum Gasteiger partial charge on any atom is -0.188 e. The van der Waals surface area contributed by atoms with Gasteiger partial charge in [-0.15, -0.1) is 5.10 Å². The van der Waals surface area contributed by atoms with E-state index in [0.717, 1.165) is 16.4 Å². The molecule has 1 heterocycles. The maximum atomic E-state index is 6.01. The molecule has 0 spiro atoms. The molecule has 0 atom stereocenters. The number of hydrogen-bond acceptors (Lipinski definition) is 4. The van der Waals surface area contributed by atoms with Crippen LogP contribution in [-0.2, 0) is 5.75 Å². The van der Waals surface area contributed by atoms with Crippen molar-refractivity contribution in [1.29, 1.82) is 0 Å². The smallest absolute Gasteiger partial charge is 0.188 e. The van der Waals surface area contributed by atoms with Gasteiger partial charge in [0.2, 0.25) is 5.16 Å². The highest BCUT2D eigenvalue weighted by Gasteiger charge is 2.09. The first kappa shape index (κ1) is 14.4. The molecule has 3 aromatic rings. The zero-order valence-electron chi connectivity index (χ0n) is 10.8. The molecule has 0 aliphatic rings. The number of thioether (sulfide) groups is 1. The minimum atomic E-state index is 0.553. The fourth-order valence-corrected chi connectivity index (χ4v) is 2.93. The van der Waals surface area contributed by atoms with Crippen LogP contribution >= 0.6 is 35.0 Å². The Balaban J connectivity index is 1.77. The topological polar surface area (TPSA) is 43.6 Å². The Morgan fingerprint density at radius 2 is 1.81 bits per heavy atom. The van der Waals surface area contributed by atoms with Crippen LogP contribution in [0.15, 0.2) is 53.7 Å². The summed E-state index contributed by atoms with van der Waals surface area (Å²) in [5.74, 6) is 0.712. The summed E-state index contributed by atoms with van der Waals surface area (Å²) in [6.45, 7) is 0. The van der Waals surface area contributed by atoms with Gasteiger partial charge in [0.1, 0.15) is 0 Å². The molecule has 0 saturated heterocycles. The Morgan fingerprint density at radius 1 is 1.00 bits per heavy atom. The lowest BCUT2D eigenvalue weighted by Gasteiger charge is -2.05. The third-order valence-electron chi connectivity index (χ3n) is 2.79. The molecule has 21 heavy (non-hydrogen) atoms. The van der Waals surface area contributed by atoms with Crippen LogP contribution in [0.1, 0.15) is 5.56 Å². The normalized spacial score (nSPS) is 10.8. The Morgan fingerprint density at radius 3 is 2.57 bits per heavy atom. The third kappa shape index (κ3) is 3.37. The number of aromatic nitrogens is 4. The molecule has 0 aliphatic heterocycles. The lowest BCUT2D eigenvalue weighted by Crippen LogP contribution is -1.98. The molecule has 0 saturated carbocycles. The predicted molar refractivity (Wildman–Crippen MR) is 85.2 cm³/mol. The minimum absolute atomic E-state index is 0.553. The zero-order valence-corrected chi connectivity index (χ0v) is 13.1. The molecule has 7 heteroatoms. The predicted octanol–water partition coefficient (Wildman–Crippen LogP) is 4.26. The van der Waals surface area contributed by atoms with Gasteiger partial charge in [0, 0.05) is 5.75 Å². The van der Waals surface area contributed by atoms with Crippen LogP contribution in [0.2, 0.25) is 10.0 Å². The van der Waals surface area contributed by atoms with Crippen molar-refractivity contribution in [3.8, 4) is 5.69 Å². The van der Waals surface area contributed by atoms with Gasteiger partial charge in [0.25, 0.3) is 0 Å². The number of para-hydroxylation sites is 1. The van der Waals surface area contributed by atoms with Gasteiger partial charge in [-0.3, -0.25) is 0 Å². The van der Waals surface area contributed by atoms with Crippen molar-refractivity contribution in [2.75, 3.05) is 0 Å². The second kappa shape index (κ2) is 6.47. The molecule has 1 aromatic heterocycles. The van der Waals surface area contributed by atoms with E-state index in [1.54, 1.807) is 22.5 Å². The molecular weight excluding hydrogens is 327 g/mol. The summed E-state index contributed by atoms with van der Waals surface area (Å²) in [6, 6.07) is 15.4. The van der Waals surface area contributed by atoms with Crippen molar-refractivity contribution in [2.45, 2.75) is 10.9 Å². The number of hydrogen-bond donors (Lipinski definition) is 0. The molecule has 106 valence electrons. The van der Waals surface area contributed by atoms with Gasteiger partial charge in [-0.1, -0.05) is 59.2 Å². The highest BCUT2D eigenvalue weighted by Crippen LogP contribution is 2.27. The van der Waals surface area contributed by atoms with Crippen molar-refractivity contribution >= 4 is 35.0 Å². The van der Waals surface area contributed by atoms with E-state index < -0.39 is 0 Å². The average Bonchev–Trinajstić information content (AvgIpc) is 2.98. The summed E-state index contributed by atoms with van der Waals surface area (Å²) in [4.78, 5) is 0. The summed E-state index contributed by atoms with van der Waals surface area (Å²) in [5.41, 5.74) is 2.00. The van der Waals surface area contributed by atoms with Crippen LogP contribution in [0, 0.1) is 0 Å². The Hall–Kier alpha value is -1.56. The van der Waals surface area contributed by atoms with Crippen LogP contribution in [0.3, 0.4) is 0 Å². The number of benzene rings is 2. The van der Waals surface area contributed by atoms with Gasteiger partial charge in [-0.05, 0) is 40.3 Å².